The molecule has 1 aliphatic carbocycles. The van der Waals surface area contributed by atoms with Crippen LogP contribution in [0.5, 0.6) is 0 Å². The number of aromatic amines is 1. The van der Waals surface area contributed by atoms with Crippen LogP contribution >= 0.6 is 0 Å². The van der Waals surface area contributed by atoms with Gasteiger partial charge >= 0.3 is 0 Å². The van der Waals surface area contributed by atoms with E-state index in [9.17, 15) is 14.0 Å². The van der Waals surface area contributed by atoms with Crippen molar-refractivity contribution >= 4 is 29.3 Å². The van der Waals surface area contributed by atoms with E-state index in [0.717, 1.165) is 44.7 Å². The van der Waals surface area contributed by atoms with Crippen LogP contribution in [0.25, 0.3) is 0 Å². The lowest BCUT2D eigenvalue weighted by Crippen LogP contribution is -2.56. The minimum atomic E-state index is -0.491. The van der Waals surface area contributed by atoms with E-state index >= 15 is 0 Å². The summed E-state index contributed by atoms with van der Waals surface area (Å²) >= 11 is 0. The summed E-state index contributed by atoms with van der Waals surface area (Å²) < 4.78 is 14.6. The third kappa shape index (κ3) is 4.05. The summed E-state index contributed by atoms with van der Waals surface area (Å²) in [6.07, 6.45) is 7.26. The average molecular weight is 442 g/mol. The summed E-state index contributed by atoms with van der Waals surface area (Å²) in [5.74, 6) is 0.824. The van der Waals surface area contributed by atoms with Crippen molar-refractivity contribution in [3.05, 3.63) is 23.8 Å². The highest BCUT2D eigenvalue weighted by atomic mass is 19.1. The van der Waals surface area contributed by atoms with Crippen LogP contribution in [0, 0.1) is 11.7 Å². The van der Waals surface area contributed by atoms with Gasteiger partial charge in [-0.1, -0.05) is 13.3 Å². The van der Waals surface area contributed by atoms with Gasteiger partial charge in [-0.25, -0.2) is 9.37 Å². The number of carbonyl (C=O) groups is 2. The van der Waals surface area contributed by atoms with Gasteiger partial charge in [-0.05, 0) is 32.1 Å². The van der Waals surface area contributed by atoms with E-state index in [1.54, 1.807) is 6.07 Å². The number of nitrogens with zero attached hydrogens (tertiary/aromatic N) is 5. The van der Waals surface area contributed by atoms with Crippen LogP contribution in [0.1, 0.15) is 62.4 Å². The van der Waals surface area contributed by atoms with Crippen molar-refractivity contribution in [3.63, 3.8) is 0 Å². The van der Waals surface area contributed by atoms with Crippen molar-refractivity contribution in [1.82, 2.24) is 25.1 Å². The van der Waals surface area contributed by atoms with Gasteiger partial charge in [-0.15, -0.1) is 0 Å². The van der Waals surface area contributed by atoms with Crippen LogP contribution in [0.4, 0.5) is 22.0 Å². The summed E-state index contributed by atoms with van der Waals surface area (Å²) in [5.41, 5.74) is 0.427. The molecule has 0 unspecified atom stereocenters. The lowest BCUT2D eigenvalue weighted by molar-refractivity contribution is -0.135. The molecule has 3 fully saturated rings. The summed E-state index contributed by atoms with van der Waals surface area (Å²) in [6, 6.07) is 1.83. The van der Waals surface area contributed by atoms with Crippen LogP contribution < -0.4 is 10.2 Å². The van der Waals surface area contributed by atoms with Gasteiger partial charge in [0.1, 0.15) is 5.69 Å². The maximum absolute atomic E-state index is 14.6. The predicted octanol–water partition coefficient (Wildman–Crippen LogP) is 3.04. The van der Waals surface area contributed by atoms with Crippen LogP contribution in [-0.4, -0.2) is 61.9 Å². The molecule has 2 aromatic heterocycles. The second-order valence-electron chi connectivity index (χ2n) is 8.99. The Balaban J connectivity index is 1.28. The molecule has 2 N–H and O–H groups in total. The highest BCUT2D eigenvalue weighted by Crippen LogP contribution is 2.39. The number of nitrogens with one attached hydrogen (secondary N) is 2. The molecular weight excluding hydrogens is 413 g/mol. The number of ketones is 1. The fourth-order valence-corrected chi connectivity index (χ4v) is 4.73. The monoisotopic (exact) mass is 441 g/mol. The molecule has 4 heterocycles. The van der Waals surface area contributed by atoms with Crippen molar-refractivity contribution in [2.45, 2.75) is 64.0 Å². The number of H-pyrrole nitrogens is 1. The van der Waals surface area contributed by atoms with Crippen LogP contribution in [0.2, 0.25) is 0 Å². The van der Waals surface area contributed by atoms with Crippen molar-refractivity contribution in [2.75, 3.05) is 23.3 Å². The van der Waals surface area contributed by atoms with Gasteiger partial charge in [0.05, 0.1) is 6.20 Å². The van der Waals surface area contributed by atoms with Crippen molar-refractivity contribution in [1.29, 1.82) is 0 Å². The van der Waals surface area contributed by atoms with Crippen LogP contribution in [0.15, 0.2) is 12.3 Å². The van der Waals surface area contributed by atoms with E-state index in [2.05, 4.69) is 25.5 Å². The molecule has 2 atom stereocenters. The largest absolute Gasteiger partial charge is 0.350 e. The molecule has 1 amide bonds. The van der Waals surface area contributed by atoms with E-state index in [0.29, 0.717) is 31.0 Å². The second kappa shape index (κ2) is 8.48. The predicted molar refractivity (Wildman–Crippen MR) is 116 cm³/mol. The number of hydrogen-bond donors (Lipinski definition) is 2. The zero-order valence-corrected chi connectivity index (χ0v) is 18.2. The van der Waals surface area contributed by atoms with Gasteiger partial charge in [-0.3, -0.25) is 14.7 Å². The SMILES string of the molecule is CCCCC(=O)c1cc(Nc2ncc(F)c(N3C[C@H]4CC[C@@H](C3)N4C(=O)C3CC3)n2)n[nH]1. The Labute approximate surface area is 185 Å². The first-order valence-corrected chi connectivity index (χ1v) is 11.5. The summed E-state index contributed by atoms with van der Waals surface area (Å²) in [4.78, 5) is 37.2. The normalized spacial score (nSPS) is 22.3. The minimum absolute atomic E-state index is 0.00204. The molecule has 2 bridgehead atoms. The van der Waals surface area contributed by atoms with E-state index in [1.165, 1.54) is 0 Å². The minimum Gasteiger partial charge on any atom is -0.350 e. The second-order valence-corrected chi connectivity index (χ2v) is 8.99. The number of rotatable bonds is 8. The number of anilines is 3. The third-order valence-corrected chi connectivity index (χ3v) is 6.56. The van der Waals surface area contributed by atoms with Crippen molar-refractivity contribution in [2.24, 2.45) is 5.92 Å². The maximum atomic E-state index is 14.6. The Morgan fingerprint density at radius 1 is 1.22 bits per heavy atom. The van der Waals surface area contributed by atoms with Gasteiger partial charge < -0.3 is 15.1 Å². The Kier molecular flexibility index (Phi) is 5.52. The molecule has 2 aromatic rings. The van der Waals surface area contributed by atoms with Crippen LogP contribution in [-0.2, 0) is 4.79 Å². The zero-order valence-electron chi connectivity index (χ0n) is 18.2. The number of halogens is 1. The summed E-state index contributed by atoms with van der Waals surface area (Å²) in [5, 5.41) is 9.79. The van der Waals surface area contributed by atoms with Crippen molar-refractivity contribution in [3.8, 4) is 0 Å². The summed E-state index contributed by atoms with van der Waals surface area (Å²) in [7, 11) is 0. The van der Waals surface area contributed by atoms with E-state index in [-0.39, 0.29) is 41.5 Å². The van der Waals surface area contributed by atoms with Gasteiger partial charge in [0.2, 0.25) is 11.9 Å². The molecule has 170 valence electrons. The Bertz CT molecular complexity index is 1010. The van der Waals surface area contributed by atoms with Gasteiger partial charge in [0.25, 0.3) is 0 Å². The zero-order chi connectivity index (χ0) is 22.2. The van der Waals surface area contributed by atoms with Gasteiger partial charge in [0.15, 0.2) is 23.2 Å². The number of fused-ring (bicyclic) bond motifs is 2. The molecule has 32 heavy (non-hydrogen) atoms. The van der Waals surface area contributed by atoms with Crippen molar-refractivity contribution < 1.29 is 14.0 Å². The first kappa shape index (κ1) is 20.8. The lowest BCUT2D eigenvalue weighted by Gasteiger charge is -2.41. The first-order valence-electron chi connectivity index (χ1n) is 11.5. The smallest absolute Gasteiger partial charge is 0.230 e. The number of unbranched alkanes of at least 4 members (excludes halogenated alkanes) is 1. The number of hydrogen-bond acceptors (Lipinski definition) is 7. The number of amides is 1. The maximum Gasteiger partial charge on any atom is 0.230 e. The average Bonchev–Trinajstić information content (AvgIpc) is 3.48. The molecule has 10 heteroatoms. The first-order chi connectivity index (χ1) is 15.5. The van der Waals surface area contributed by atoms with E-state index in [4.69, 9.17) is 0 Å². The highest BCUT2D eigenvalue weighted by molar-refractivity contribution is 5.94. The quantitative estimate of drug-likeness (QED) is 0.606. The molecule has 0 spiro atoms. The van der Waals surface area contributed by atoms with Crippen LogP contribution in [0.3, 0.4) is 0 Å². The molecule has 2 aliphatic heterocycles. The third-order valence-electron chi connectivity index (χ3n) is 6.56. The molecular formula is C22H28FN7O2. The summed E-state index contributed by atoms with van der Waals surface area (Å²) in [6.45, 7) is 3.18. The fraction of sp³-hybridized carbons (Fsp3) is 0.591. The Morgan fingerprint density at radius 2 is 1.97 bits per heavy atom. The molecule has 5 rings (SSSR count). The molecule has 9 nitrogen and oxygen atoms in total. The van der Waals surface area contributed by atoms with E-state index < -0.39 is 5.82 Å². The number of carbonyl (C=O) groups excluding carboxylic acids is 2. The standard InChI is InChI=1S/C22H28FN7O2/c1-2-3-4-18(31)17-9-19(28-27-17)25-22-24-10-16(23)20(26-22)29-11-14-7-8-15(12-29)30(14)21(32)13-5-6-13/h9-10,13-15H,2-8,11-12H2,1H3,(H2,24,25,26,27,28)/t14-,15+. The Morgan fingerprint density at radius 3 is 2.66 bits per heavy atom. The number of piperazine rings is 1. The van der Waals surface area contributed by atoms with E-state index in [1.807, 2.05) is 16.7 Å². The Hall–Kier alpha value is -3.04. The molecule has 0 aromatic carbocycles. The van der Waals surface area contributed by atoms with Gasteiger partial charge in [0, 0.05) is 43.6 Å². The molecule has 3 aliphatic rings. The topological polar surface area (TPSA) is 107 Å². The highest BCUT2D eigenvalue weighted by Gasteiger charge is 2.47. The number of aromatic nitrogens is 4. The number of Topliss-reactive ketones (excluding diaryl/α,β-unsaturated/α-hetero) is 1. The molecule has 0 radical (unpaired) electrons. The molecule has 2 saturated heterocycles. The lowest BCUT2D eigenvalue weighted by atomic mass is 10.1. The molecule has 1 saturated carbocycles. The van der Waals surface area contributed by atoms with Gasteiger partial charge in [-0.2, -0.15) is 10.1 Å². The fourth-order valence-electron chi connectivity index (χ4n) is 4.73.